The predicted molar refractivity (Wildman–Crippen MR) is 99.0 cm³/mol. The summed E-state index contributed by atoms with van der Waals surface area (Å²) in [5.41, 5.74) is 3.20. The van der Waals surface area contributed by atoms with Gasteiger partial charge in [0.1, 0.15) is 6.61 Å². The Kier molecular flexibility index (Phi) is 4.25. The Hall–Kier alpha value is -3.01. The van der Waals surface area contributed by atoms with Crippen molar-refractivity contribution in [2.24, 2.45) is 0 Å². The molecule has 1 aliphatic heterocycles. The lowest BCUT2D eigenvalue weighted by atomic mass is 10.2. The third kappa shape index (κ3) is 3.43. The molecule has 1 aliphatic rings. The molecule has 0 amide bonds. The maximum Gasteiger partial charge on any atom is 0.223 e. The van der Waals surface area contributed by atoms with Crippen LogP contribution in [0.4, 0.5) is 5.69 Å². The quantitative estimate of drug-likeness (QED) is 0.734. The van der Waals surface area contributed by atoms with Gasteiger partial charge in [0.05, 0.1) is 12.7 Å². The van der Waals surface area contributed by atoms with Crippen LogP contribution in [0.25, 0.3) is 0 Å². The van der Waals surface area contributed by atoms with Gasteiger partial charge in [-0.15, -0.1) is 0 Å². The number of nitrogens with zero attached hydrogens (tertiary/aromatic N) is 2. The third-order valence-corrected chi connectivity index (χ3v) is 4.50. The number of aromatic nitrogens is 1. The highest BCUT2D eigenvalue weighted by Crippen LogP contribution is 2.21. The van der Waals surface area contributed by atoms with Gasteiger partial charge in [-0.25, -0.2) is 0 Å². The fourth-order valence-corrected chi connectivity index (χ4v) is 3.14. The van der Waals surface area contributed by atoms with Gasteiger partial charge in [-0.05, 0) is 17.7 Å². The van der Waals surface area contributed by atoms with Gasteiger partial charge in [-0.2, -0.15) is 0 Å². The first-order valence-electron chi connectivity index (χ1n) is 8.50. The van der Waals surface area contributed by atoms with Gasteiger partial charge in [-0.3, -0.25) is 4.79 Å². The normalized spacial score (nSPS) is 13.4. The van der Waals surface area contributed by atoms with Gasteiger partial charge in [0.15, 0.2) is 5.75 Å². The number of pyridine rings is 1. The van der Waals surface area contributed by atoms with E-state index in [0.717, 1.165) is 30.9 Å². The van der Waals surface area contributed by atoms with Crippen LogP contribution in [0.5, 0.6) is 5.75 Å². The lowest BCUT2D eigenvalue weighted by Crippen LogP contribution is -2.35. The molecule has 0 aliphatic carbocycles. The van der Waals surface area contributed by atoms with Gasteiger partial charge in [0.2, 0.25) is 5.43 Å². The van der Waals surface area contributed by atoms with E-state index in [-0.39, 0.29) is 5.43 Å². The molecule has 25 heavy (non-hydrogen) atoms. The molecule has 0 saturated carbocycles. The molecule has 4 nitrogen and oxygen atoms in total. The zero-order valence-electron chi connectivity index (χ0n) is 14.0. The second-order valence-electron chi connectivity index (χ2n) is 6.22. The maximum absolute atomic E-state index is 12.4. The first-order valence-corrected chi connectivity index (χ1v) is 8.50. The Labute approximate surface area is 146 Å². The maximum atomic E-state index is 12.4. The van der Waals surface area contributed by atoms with Crippen LogP contribution in [0.3, 0.4) is 0 Å². The molecule has 2 aromatic carbocycles. The Morgan fingerprint density at radius 2 is 1.64 bits per heavy atom. The average molecular weight is 332 g/mol. The van der Waals surface area contributed by atoms with E-state index in [0.29, 0.717) is 12.4 Å². The van der Waals surface area contributed by atoms with Crippen molar-refractivity contribution in [2.75, 3.05) is 11.4 Å². The molecular weight excluding hydrogens is 312 g/mol. The number of fused-ring (bicyclic) bond motifs is 1. The number of benzene rings is 2. The Bertz CT molecular complexity index is 904. The lowest BCUT2D eigenvalue weighted by molar-refractivity contribution is 0.299. The minimum atomic E-state index is -0.0582. The van der Waals surface area contributed by atoms with Gasteiger partial charge in [0.25, 0.3) is 0 Å². The first-order chi connectivity index (χ1) is 12.3. The van der Waals surface area contributed by atoms with Crippen molar-refractivity contribution >= 4 is 5.69 Å². The Morgan fingerprint density at radius 3 is 2.40 bits per heavy atom. The summed E-state index contributed by atoms with van der Waals surface area (Å²) < 4.78 is 7.88. The topological polar surface area (TPSA) is 34.5 Å². The van der Waals surface area contributed by atoms with E-state index < -0.39 is 0 Å². The Balaban J connectivity index is 1.52. The van der Waals surface area contributed by atoms with Crippen LogP contribution < -0.4 is 15.1 Å². The van der Waals surface area contributed by atoms with Gasteiger partial charge in [-0.1, -0.05) is 48.5 Å². The van der Waals surface area contributed by atoms with Gasteiger partial charge >= 0.3 is 0 Å². The van der Waals surface area contributed by atoms with E-state index in [2.05, 4.69) is 21.6 Å². The van der Waals surface area contributed by atoms with Crippen LogP contribution in [0.1, 0.15) is 11.3 Å². The van der Waals surface area contributed by atoms with E-state index in [1.165, 1.54) is 5.69 Å². The molecule has 0 N–H and O–H groups in total. The van der Waals surface area contributed by atoms with E-state index in [9.17, 15) is 4.79 Å². The number of anilines is 1. The summed E-state index contributed by atoms with van der Waals surface area (Å²) in [7, 11) is 0. The molecule has 0 fully saturated rings. The molecule has 0 saturated heterocycles. The van der Waals surface area contributed by atoms with Gasteiger partial charge < -0.3 is 14.2 Å². The molecule has 126 valence electrons. The molecule has 4 rings (SSSR count). The SMILES string of the molecule is O=c1cc2n(cc1OCc1ccccc1)CCN(c1ccccc1)C2. The lowest BCUT2D eigenvalue weighted by Gasteiger charge is -2.32. The van der Waals surface area contributed by atoms with Crippen molar-refractivity contribution in [3.8, 4) is 5.75 Å². The van der Waals surface area contributed by atoms with Crippen molar-refractivity contribution in [1.82, 2.24) is 4.57 Å². The number of para-hydroxylation sites is 1. The number of hydrogen-bond acceptors (Lipinski definition) is 3. The summed E-state index contributed by atoms with van der Waals surface area (Å²) in [4.78, 5) is 14.7. The number of hydrogen-bond donors (Lipinski definition) is 0. The minimum absolute atomic E-state index is 0.0582. The van der Waals surface area contributed by atoms with Crippen molar-refractivity contribution in [1.29, 1.82) is 0 Å². The van der Waals surface area contributed by atoms with Crippen LogP contribution in [0.15, 0.2) is 77.7 Å². The average Bonchev–Trinajstić information content (AvgIpc) is 2.67. The van der Waals surface area contributed by atoms with E-state index in [4.69, 9.17) is 4.74 Å². The summed E-state index contributed by atoms with van der Waals surface area (Å²) in [5.74, 6) is 0.417. The van der Waals surface area contributed by atoms with Crippen molar-refractivity contribution in [3.63, 3.8) is 0 Å². The molecule has 0 bridgehead atoms. The summed E-state index contributed by atoms with van der Waals surface area (Å²) in [6.07, 6.45) is 1.85. The van der Waals surface area contributed by atoms with Crippen molar-refractivity contribution < 1.29 is 4.74 Å². The van der Waals surface area contributed by atoms with Crippen LogP contribution in [-0.4, -0.2) is 11.1 Å². The molecule has 1 aromatic heterocycles. The predicted octanol–water partition coefficient (Wildman–Crippen LogP) is 3.45. The summed E-state index contributed by atoms with van der Waals surface area (Å²) in [5, 5.41) is 0. The molecule has 0 atom stereocenters. The minimum Gasteiger partial charge on any atom is -0.483 e. The number of ether oxygens (including phenoxy) is 1. The second kappa shape index (κ2) is 6.85. The molecule has 0 spiro atoms. The highest BCUT2D eigenvalue weighted by Gasteiger charge is 2.17. The molecular formula is C21H20N2O2. The molecule has 0 radical (unpaired) electrons. The largest absolute Gasteiger partial charge is 0.483 e. The van der Waals surface area contributed by atoms with Crippen LogP contribution >= 0.6 is 0 Å². The van der Waals surface area contributed by atoms with E-state index >= 15 is 0 Å². The number of rotatable bonds is 4. The molecule has 3 aromatic rings. The molecule has 0 unspecified atom stereocenters. The molecule has 4 heteroatoms. The smallest absolute Gasteiger partial charge is 0.223 e. The monoisotopic (exact) mass is 332 g/mol. The Morgan fingerprint density at radius 1 is 0.920 bits per heavy atom. The zero-order valence-corrected chi connectivity index (χ0v) is 14.0. The zero-order chi connectivity index (χ0) is 17.1. The summed E-state index contributed by atoms with van der Waals surface area (Å²) >= 11 is 0. The highest BCUT2D eigenvalue weighted by atomic mass is 16.5. The van der Waals surface area contributed by atoms with E-state index in [1.807, 2.05) is 54.7 Å². The summed E-state index contributed by atoms with van der Waals surface area (Å²) in [6.45, 7) is 2.90. The van der Waals surface area contributed by atoms with Crippen molar-refractivity contribution in [3.05, 3.63) is 94.4 Å². The molecule has 2 heterocycles. The summed E-state index contributed by atoms with van der Waals surface area (Å²) in [6, 6.07) is 21.9. The fraction of sp³-hybridized carbons (Fsp3) is 0.190. The second-order valence-corrected chi connectivity index (χ2v) is 6.22. The third-order valence-electron chi connectivity index (χ3n) is 4.50. The van der Waals surface area contributed by atoms with Crippen molar-refractivity contribution in [2.45, 2.75) is 19.7 Å². The standard InChI is InChI=1S/C21H20N2O2/c24-20-13-19-14-22(18-9-5-2-6-10-18)11-12-23(19)15-21(20)25-16-17-7-3-1-4-8-17/h1-10,13,15H,11-12,14,16H2. The van der Waals surface area contributed by atoms with Gasteiger partial charge in [0, 0.05) is 30.5 Å². The van der Waals surface area contributed by atoms with Crippen LogP contribution in [-0.2, 0) is 19.7 Å². The fourth-order valence-electron chi connectivity index (χ4n) is 3.14. The van der Waals surface area contributed by atoms with Crippen LogP contribution in [0.2, 0.25) is 0 Å². The highest BCUT2D eigenvalue weighted by molar-refractivity contribution is 5.47. The first kappa shape index (κ1) is 15.5. The van der Waals surface area contributed by atoms with E-state index in [1.54, 1.807) is 6.07 Å². The van der Waals surface area contributed by atoms with Crippen LogP contribution in [0, 0.1) is 0 Å².